The molecule has 5 heteroatoms. The van der Waals surface area contributed by atoms with E-state index in [2.05, 4.69) is 31.0 Å². The first-order valence-electron chi connectivity index (χ1n) is 6.22. The lowest BCUT2D eigenvalue weighted by Gasteiger charge is -2.25. The number of nitrogens with two attached hydrogens (primary N) is 1. The van der Waals surface area contributed by atoms with Crippen LogP contribution in [0.4, 0.5) is 5.13 Å². The Hall–Kier alpha value is -0.350. The van der Waals surface area contributed by atoms with E-state index in [1.807, 2.05) is 0 Å². The van der Waals surface area contributed by atoms with Crippen LogP contribution in [0.15, 0.2) is 0 Å². The number of aromatic nitrogens is 2. The second kappa shape index (κ2) is 4.73. The van der Waals surface area contributed by atoms with E-state index in [1.165, 1.54) is 11.3 Å². The molecule has 1 aromatic rings. The Balaban J connectivity index is 2.28. The molecule has 0 bridgehead atoms. The molecule has 0 aliphatic heterocycles. The number of nitrogens with zero attached hydrogens (tertiary/aromatic N) is 2. The normalized spacial score (nSPS) is 33.5. The highest BCUT2D eigenvalue weighted by Crippen LogP contribution is 2.51. The molecule has 1 saturated carbocycles. The number of alkyl halides is 1. The van der Waals surface area contributed by atoms with Crippen molar-refractivity contribution in [1.29, 1.82) is 0 Å². The van der Waals surface area contributed by atoms with Crippen LogP contribution in [0.25, 0.3) is 0 Å². The number of anilines is 1. The fourth-order valence-electron chi connectivity index (χ4n) is 2.90. The third kappa shape index (κ3) is 2.29. The minimum absolute atomic E-state index is 0.108. The van der Waals surface area contributed by atoms with Gasteiger partial charge >= 0.3 is 0 Å². The van der Waals surface area contributed by atoms with Gasteiger partial charge in [-0.3, -0.25) is 0 Å². The van der Waals surface area contributed by atoms with Crippen molar-refractivity contribution < 1.29 is 0 Å². The molecule has 1 fully saturated rings. The van der Waals surface area contributed by atoms with Gasteiger partial charge in [0.2, 0.25) is 5.13 Å². The van der Waals surface area contributed by atoms with Crippen molar-refractivity contribution in [3.63, 3.8) is 0 Å². The number of hydrogen-bond acceptors (Lipinski definition) is 4. The molecule has 96 valence electrons. The SMILES string of the molecule is CCC1(c2nnc(N)s2)CC(Cl)C(C(C)C)C1. The Morgan fingerprint density at radius 3 is 2.59 bits per heavy atom. The summed E-state index contributed by atoms with van der Waals surface area (Å²) in [5.41, 5.74) is 5.81. The lowest BCUT2D eigenvalue weighted by atomic mass is 9.81. The summed E-state index contributed by atoms with van der Waals surface area (Å²) in [7, 11) is 0. The van der Waals surface area contributed by atoms with Crippen molar-refractivity contribution in [2.45, 2.75) is 50.8 Å². The Morgan fingerprint density at radius 2 is 2.18 bits per heavy atom. The number of halogens is 1. The zero-order valence-electron chi connectivity index (χ0n) is 10.6. The molecular formula is C12H20ClN3S. The van der Waals surface area contributed by atoms with Crippen LogP contribution < -0.4 is 5.73 Å². The van der Waals surface area contributed by atoms with Gasteiger partial charge in [0.1, 0.15) is 5.01 Å². The van der Waals surface area contributed by atoms with Crippen LogP contribution >= 0.6 is 22.9 Å². The van der Waals surface area contributed by atoms with Crippen LogP contribution in [0.1, 0.15) is 45.0 Å². The summed E-state index contributed by atoms with van der Waals surface area (Å²) in [5, 5.41) is 10.1. The van der Waals surface area contributed by atoms with E-state index < -0.39 is 0 Å². The summed E-state index contributed by atoms with van der Waals surface area (Å²) in [5.74, 6) is 1.19. The minimum Gasteiger partial charge on any atom is -0.374 e. The van der Waals surface area contributed by atoms with Crippen molar-refractivity contribution >= 4 is 28.1 Å². The maximum absolute atomic E-state index is 6.52. The first kappa shape index (κ1) is 13.1. The van der Waals surface area contributed by atoms with E-state index in [-0.39, 0.29) is 10.8 Å². The molecule has 2 N–H and O–H groups in total. The van der Waals surface area contributed by atoms with Gasteiger partial charge in [-0.05, 0) is 31.1 Å². The summed E-state index contributed by atoms with van der Waals surface area (Å²) in [6, 6.07) is 0. The molecule has 1 aliphatic carbocycles. The van der Waals surface area contributed by atoms with Crippen LogP contribution in [0.3, 0.4) is 0 Å². The fourth-order valence-corrected chi connectivity index (χ4v) is 4.47. The van der Waals surface area contributed by atoms with E-state index in [1.54, 1.807) is 0 Å². The highest BCUT2D eigenvalue weighted by molar-refractivity contribution is 7.15. The average Bonchev–Trinajstić information content (AvgIpc) is 2.83. The molecule has 1 aromatic heterocycles. The third-order valence-corrected chi connectivity index (χ3v) is 5.58. The minimum atomic E-state index is 0.108. The van der Waals surface area contributed by atoms with Gasteiger partial charge < -0.3 is 5.73 Å². The zero-order valence-corrected chi connectivity index (χ0v) is 12.2. The molecule has 3 nitrogen and oxygen atoms in total. The lowest BCUT2D eigenvalue weighted by molar-refractivity contribution is 0.347. The van der Waals surface area contributed by atoms with Crippen molar-refractivity contribution in [3.8, 4) is 0 Å². The molecule has 3 unspecified atom stereocenters. The van der Waals surface area contributed by atoms with Gasteiger partial charge in [-0.1, -0.05) is 32.1 Å². The Bertz CT molecular complexity index is 393. The van der Waals surface area contributed by atoms with Crippen LogP contribution in [0.5, 0.6) is 0 Å². The van der Waals surface area contributed by atoms with Crippen molar-refractivity contribution in [1.82, 2.24) is 10.2 Å². The second-order valence-corrected chi connectivity index (χ2v) is 6.98. The standard InChI is InChI=1S/C12H20ClN3S/c1-4-12(10-15-16-11(14)17-10)5-8(7(2)3)9(13)6-12/h7-9H,4-6H2,1-3H3,(H2,14,16). The summed E-state index contributed by atoms with van der Waals surface area (Å²) in [6.45, 7) is 6.71. The molecule has 1 aliphatic rings. The molecule has 0 aromatic carbocycles. The van der Waals surface area contributed by atoms with Crippen LogP contribution in [-0.2, 0) is 5.41 Å². The lowest BCUT2D eigenvalue weighted by Crippen LogP contribution is -2.22. The van der Waals surface area contributed by atoms with E-state index in [0.717, 1.165) is 24.3 Å². The van der Waals surface area contributed by atoms with Crippen molar-refractivity contribution in [3.05, 3.63) is 5.01 Å². The Labute approximate surface area is 112 Å². The monoisotopic (exact) mass is 273 g/mol. The summed E-state index contributed by atoms with van der Waals surface area (Å²) in [4.78, 5) is 0. The van der Waals surface area contributed by atoms with Gasteiger partial charge in [0.25, 0.3) is 0 Å². The van der Waals surface area contributed by atoms with E-state index in [9.17, 15) is 0 Å². The topological polar surface area (TPSA) is 51.8 Å². The maximum atomic E-state index is 6.52. The van der Waals surface area contributed by atoms with Crippen LogP contribution in [-0.4, -0.2) is 15.6 Å². The van der Waals surface area contributed by atoms with E-state index >= 15 is 0 Å². The quantitative estimate of drug-likeness (QED) is 0.859. The van der Waals surface area contributed by atoms with Gasteiger partial charge in [0, 0.05) is 10.8 Å². The third-order valence-electron chi connectivity index (χ3n) is 4.10. The smallest absolute Gasteiger partial charge is 0.203 e. The molecule has 0 amide bonds. The average molecular weight is 274 g/mol. The predicted octanol–water partition coefficient (Wildman–Crippen LogP) is 3.44. The molecule has 1 heterocycles. The van der Waals surface area contributed by atoms with Crippen molar-refractivity contribution in [2.75, 3.05) is 5.73 Å². The molecule has 0 spiro atoms. The number of hydrogen-bond donors (Lipinski definition) is 1. The van der Waals surface area contributed by atoms with Gasteiger partial charge in [-0.25, -0.2) is 0 Å². The van der Waals surface area contributed by atoms with Gasteiger partial charge in [0.15, 0.2) is 0 Å². The van der Waals surface area contributed by atoms with Crippen molar-refractivity contribution in [2.24, 2.45) is 11.8 Å². The fraction of sp³-hybridized carbons (Fsp3) is 0.833. The summed E-state index contributed by atoms with van der Waals surface area (Å²) in [6.07, 6.45) is 3.18. The molecule has 17 heavy (non-hydrogen) atoms. The highest BCUT2D eigenvalue weighted by Gasteiger charge is 2.47. The molecule has 0 saturated heterocycles. The van der Waals surface area contributed by atoms with Gasteiger partial charge in [-0.2, -0.15) is 0 Å². The summed E-state index contributed by atoms with van der Waals surface area (Å²) >= 11 is 8.04. The number of nitrogen functional groups attached to an aromatic ring is 1. The molecular weight excluding hydrogens is 254 g/mol. The highest BCUT2D eigenvalue weighted by atomic mass is 35.5. The Kier molecular flexibility index (Phi) is 3.64. The van der Waals surface area contributed by atoms with E-state index in [0.29, 0.717) is 17.0 Å². The number of rotatable bonds is 3. The Morgan fingerprint density at radius 1 is 1.47 bits per heavy atom. The largest absolute Gasteiger partial charge is 0.374 e. The first-order chi connectivity index (χ1) is 7.98. The van der Waals surface area contributed by atoms with Gasteiger partial charge in [0.05, 0.1) is 0 Å². The second-order valence-electron chi connectivity index (χ2n) is 5.41. The predicted molar refractivity (Wildman–Crippen MR) is 73.5 cm³/mol. The molecule has 2 rings (SSSR count). The van der Waals surface area contributed by atoms with E-state index in [4.69, 9.17) is 17.3 Å². The zero-order chi connectivity index (χ0) is 12.6. The van der Waals surface area contributed by atoms with Crippen LogP contribution in [0.2, 0.25) is 0 Å². The molecule has 3 atom stereocenters. The van der Waals surface area contributed by atoms with Gasteiger partial charge in [-0.15, -0.1) is 21.8 Å². The maximum Gasteiger partial charge on any atom is 0.203 e. The van der Waals surface area contributed by atoms with Crippen LogP contribution in [0, 0.1) is 11.8 Å². The molecule has 0 radical (unpaired) electrons. The summed E-state index contributed by atoms with van der Waals surface area (Å²) < 4.78 is 0. The first-order valence-corrected chi connectivity index (χ1v) is 7.47.